The summed E-state index contributed by atoms with van der Waals surface area (Å²) in [5.74, 6) is 1.40. The van der Waals surface area contributed by atoms with Crippen molar-refractivity contribution >= 4 is 0 Å². The average molecular weight is 316 g/mol. The second kappa shape index (κ2) is 6.34. The maximum absolute atomic E-state index is 13.3. The van der Waals surface area contributed by atoms with Gasteiger partial charge in [-0.15, -0.1) is 0 Å². The van der Waals surface area contributed by atoms with Gasteiger partial charge in [-0.2, -0.15) is 0 Å². The summed E-state index contributed by atoms with van der Waals surface area (Å²) in [7, 11) is 0. The van der Waals surface area contributed by atoms with E-state index in [1.54, 1.807) is 12.3 Å². The van der Waals surface area contributed by atoms with Crippen molar-refractivity contribution in [1.29, 1.82) is 0 Å². The quantitative estimate of drug-likeness (QED) is 0.867. The smallest absolute Gasteiger partial charge is 0.126 e. The summed E-state index contributed by atoms with van der Waals surface area (Å²) >= 11 is 0. The lowest BCUT2D eigenvalue weighted by Gasteiger charge is -2.36. The van der Waals surface area contributed by atoms with Crippen LogP contribution in [0.5, 0.6) is 5.75 Å². The Morgan fingerprint density at radius 3 is 2.96 bits per heavy atom. The molecular weight excluding hydrogens is 295 g/mol. The Morgan fingerprint density at radius 2 is 2.13 bits per heavy atom. The van der Waals surface area contributed by atoms with Gasteiger partial charge in [-0.25, -0.2) is 4.39 Å². The first-order valence-corrected chi connectivity index (χ1v) is 8.17. The number of benzene rings is 1. The highest BCUT2D eigenvalue weighted by Crippen LogP contribution is 2.26. The highest BCUT2D eigenvalue weighted by molar-refractivity contribution is 5.23. The molecule has 23 heavy (non-hydrogen) atoms. The molecule has 2 aliphatic rings. The Labute approximate surface area is 135 Å². The van der Waals surface area contributed by atoms with Gasteiger partial charge in [-0.05, 0) is 24.3 Å². The molecule has 2 aliphatic heterocycles. The third-order valence-corrected chi connectivity index (χ3v) is 4.72. The fraction of sp³-hybridized carbons (Fsp3) is 0.444. The fourth-order valence-corrected chi connectivity index (χ4v) is 3.65. The number of hydrogen-bond donors (Lipinski definition) is 0. The van der Waals surface area contributed by atoms with Crippen LogP contribution in [-0.4, -0.2) is 48.1 Å². The topological polar surface area (TPSA) is 28.9 Å². The van der Waals surface area contributed by atoms with E-state index in [0.717, 1.165) is 44.9 Å². The van der Waals surface area contributed by atoms with Crippen LogP contribution in [0.4, 0.5) is 4.39 Å². The number of hydrogen-bond acceptors (Lipinski definition) is 4. The molecule has 0 bridgehead atoms. The number of piperazine rings is 1. The number of furan rings is 1. The second-order valence-electron chi connectivity index (χ2n) is 6.40. The van der Waals surface area contributed by atoms with Crippen molar-refractivity contribution in [2.75, 3.05) is 26.2 Å². The van der Waals surface area contributed by atoms with Crippen molar-refractivity contribution in [3.8, 4) is 5.75 Å². The SMILES string of the molecule is Fc1cccc(O[C@H]2C[C@H]3CN(Cc4ccco4)CCN3C2)c1. The molecule has 0 aliphatic carbocycles. The summed E-state index contributed by atoms with van der Waals surface area (Å²) in [4.78, 5) is 4.92. The summed E-state index contributed by atoms with van der Waals surface area (Å²) in [5, 5.41) is 0. The van der Waals surface area contributed by atoms with E-state index in [0.29, 0.717) is 11.8 Å². The molecular formula is C18H21FN2O2. The van der Waals surface area contributed by atoms with Gasteiger partial charge in [-0.1, -0.05) is 6.07 Å². The Bertz CT molecular complexity index is 646. The van der Waals surface area contributed by atoms with Crippen LogP contribution in [0, 0.1) is 5.82 Å². The maximum Gasteiger partial charge on any atom is 0.126 e. The van der Waals surface area contributed by atoms with Gasteiger partial charge >= 0.3 is 0 Å². The maximum atomic E-state index is 13.3. The Balaban J connectivity index is 1.34. The van der Waals surface area contributed by atoms with E-state index in [1.165, 1.54) is 12.1 Å². The molecule has 4 nitrogen and oxygen atoms in total. The molecule has 5 heteroatoms. The summed E-state index contributed by atoms with van der Waals surface area (Å²) in [5.41, 5.74) is 0. The zero-order valence-electron chi connectivity index (χ0n) is 13.0. The van der Waals surface area contributed by atoms with E-state index in [4.69, 9.17) is 9.15 Å². The van der Waals surface area contributed by atoms with E-state index >= 15 is 0 Å². The minimum Gasteiger partial charge on any atom is -0.489 e. The standard InChI is InChI=1S/C18H21FN2O2/c19-14-3-1-4-16(9-14)23-18-10-15-11-20(6-7-21(15)13-18)12-17-5-2-8-22-17/h1-5,8-9,15,18H,6-7,10-13H2/t15-,18-/m0/s1. The molecule has 2 fully saturated rings. The van der Waals surface area contributed by atoms with Crippen LogP contribution in [0.1, 0.15) is 12.2 Å². The van der Waals surface area contributed by atoms with E-state index in [2.05, 4.69) is 9.80 Å². The normalized spacial score (nSPS) is 25.4. The predicted octanol–water partition coefficient (Wildman–Crippen LogP) is 2.76. The highest BCUT2D eigenvalue weighted by Gasteiger charge is 2.37. The first-order chi connectivity index (χ1) is 11.3. The van der Waals surface area contributed by atoms with Crippen LogP contribution in [0.3, 0.4) is 0 Å². The minimum absolute atomic E-state index is 0.144. The Hall–Kier alpha value is -1.85. The van der Waals surface area contributed by atoms with E-state index in [-0.39, 0.29) is 11.9 Å². The molecule has 0 amide bonds. The molecule has 0 spiro atoms. The molecule has 3 heterocycles. The van der Waals surface area contributed by atoms with Gasteiger partial charge in [0.15, 0.2) is 0 Å². The van der Waals surface area contributed by atoms with Gasteiger partial charge in [0, 0.05) is 44.7 Å². The van der Waals surface area contributed by atoms with Crippen LogP contribution >= 0.6 is 0 Å². The zero-order chi connectivity index (χ0) is 15.6. The van der Waals surface area contributed by atoms with Crippen LogP contribution < -0.4 is 4.74 Å². The second-order valence-corrected chi connectivity index (χ2v) is 6.40. The van der Waals surface area contributed by atoms with Crippen molar-refractivity contribution in [2.24, 2.45) is 0 Å². The van der Waals surface area contributed by atoms with Crippen molar-refractivity contribution in [2.45, 2.75) is 25.1 Å². The number of rotatable bonds is 4. The Kier molecular flexibility index (Phi) is 4.06. The zero-order valence-corrected chi connectivity index (χ0v) is 13.0. The van der Waals surface area contributed by atoms with Gasteiger partial charge in [0.25, 0.3) is 0 Å². The molecule has 2 saturated heterocycles. The van der Waals surface area contributed by atoms with Crippen LogP contribution in [0.2, 0.25) is 0 Å². The third kappa shape index (κ3) is 3.41. The van der Waals surface area contributed by atoms with E-state index in [9.17, 15) is 4.39 Å². The highest BCUT2D eigenvalue weighted by atomic mass is 19.1. The summed E-state index contributed by atoms with van der Waals surface area (Å²) in [6.07, 6.45) is 2.86. The largest absolute Gasteiger partial charge is 0.489 e. The number of ether oxygens (including phenoxy) is 1. The van der Waals surface area contributed by atoms with E-state index in [1.807, 2.05) is 18.2 Å². The summed E-state index contributed by atoms with van der Waals surface area (Å²) in [6.45, 7) is 4.92. The summed E-state index contributed by atoms with van der Waals surface area (Å²) < 4.78 is 24.7. The molecule has 122 valence electrons. The third-order valence-electron chi connectivity index (χ3n) is 4.72. The molecule has 4 rings (SSSR count). The summed E-state index contributed by atoms with van der Waals surface area (Å²) in [6, 6.07) is 10.9. The van der Waals surface area contributed by atoms with Crippen molar-refractivity contribution in [3.63, 3.8) is 0 Å². The first kappa shape index (κ1) is 14.7. The molecule has 0 radical (unpaired) electrons. The Morgan fingerprint density at radius 1 is 1.17 bits per heavy atom. The monoisotopic (exact) mass is 316 g/mol. The van der Waals surface area contributed by atoms with Gasteiger partial charge in [0.05, 0.1) is 12.8 Å². The lowest BCUT2D eigenvalue weighted by molar-refractivity contribution is 0.0927. The molecule has 0 unspecified atom stereocenters. The first-order valence-electron chi connectivity index (χ1n) is 8.17. The van der Waals surface area contributed by atoms with Gasteiger partial charge in [0.2, 0.25) is 0 Å². The fourth-order valence-electron chi connectivity index (χ4n) is 3.65. The van der Waals surface area contributed by atoms with Crippen LogP contribution in [-0.2, 0) is 6.54 Å². The molecule has 2 aromatic rings. The van der Waals surface area contributed by atoms with Gasteiger partial charge < -0.3 is 9.15 Å². The molecule has 0 saturated carbocycles. The number of nitrogens with zero attached hydrogens (tertiary/aromatic N) is 2. The van der Waals surface area contributed by atoms with Crippen molar-refractivity contribution < 1.29 is 13.5 Å². The minimum atomic E-state index is -0.247. The lowest BCUT2D eigenvalue weighted by atomic mass is 10.1. The number of fused-ring (bicyclic) bond motifs is 1. The van der Waals surface area contributed by atoms with Crippen molar-refractivity contribution in [1.82, 2.24) is 9.80 Å². The average Bonchev–Trinajstić information content (AvgIpc) is 3.16. The lowest BCUT2D eigenvalue weighted by Crippen LogP contribution is -2.49. The molecule has 0 N–H and O–H groups in total. The van der Waals surface area contributed by atoms with Gasteiger partial charge in [0.1, 0.15) is 23.4 Å². The predicted molar refractivity (Wildman–Crippen MR) is 84.8 cm³/mol. The molecule has 1 aromatic heterocycles. The van der Waals surface area contributed by atoms with Gasteiger partial charge in [-0.3, -0.25) is 9.80 Å². The van der Waals surface area contributed by atoms with Crippen LogP contribution in [0.15, 0.2) is 47.1 Å². The van der Waals surface area contributed by atoms with E-state index < -0.39 is 0 Å². The number of halogens is 1. The van der Waals surface area contributed by atoms with Crippen LogP contribution in [0.25, 0.3) is 0 Å². The molecule has 2 atom stereocenters. The molecule has 1 aromatic carbocycles. The van der Waals surface area contributed by atoms with Crippen molar-refractivity contribution in [3.05, 3.63) is 54.2 Å².